The molecule has 0 aliphatic rings. The van der Waals surface area contributed by atoms with Crippen LogP contribution in [0.4, 0.5) is 8.78 Å². The van der Waals surface area contributed by atoms with Gasteiger partial charge >= 0.3 is 5.92 Å². The molecule has 0 radical (unpaired) electrons. The molecule has 1 aromatic rings. The van der Waals surface area contributed by atoms with E-state index >= 15 is 0 Å². The molecule has 15 heavy (non-hydrogen) atoms. The first-order valence-electron chi connectivity index (χ1n) is 4.12. The van der Waals surface area contributed by atoms with Gasteiger partial charge in [-0.2, -0.15) is 14.0 Å². The summed E-state index contributed by atoms with van der Waals surface area (Å²) >= 11 is 0. The van der Waals surface area contributed by atoms with Crippen molar-refractivity contribution in [1.82, 2.24) is 0 Å². The summed E-state index contributed by atoms with van der Waals surface area (Å²) in [6.45, 7) is 0. The average Bonchev–Trinajstić information content (AvgIpc) is 2.28. The van der Waals surface area contributed by atoms with Crippen molar-refractivity contribution >= 4 is 0 Å². The van der Waals surface area contributed by atoms with Crippen LogP contribution in [0.1, 0.15) is 11.7 Å². The maximum absolute atomic E-state index is 12.8. The third kappa shape index (κ3) is 2.42. The summed E-state index contributed by atoms with van der Waals surface area (Å²) in [5.41, 5.74) is -0.0256. The Balaban J connectivity index is 2.93. The SMILES string of the molecule is COc1ccc(C(O)C(F)(F)C#N)cc1. The molecule has 0 saturated heterocycles. The summed E-state index contributed by atoms with van der Waals surface area (Å²) in [4.78, 5) is 0. The second kappa shape index (κ2) is 4.24. The number of rotatable bonds is 3. The standard InChI is InChI=1S/C10H9F2NO2/c1-15-8-4-2-7(3-5-8)9(14)10(11,12)6-13/h2-5,9,14H,1H3. The van der Waals surface area contributed by atoms with Crippen LogP contribution >= 0.6 is 0 Å². The van der Waals surface area contributed by atoms with Crippen molar-refractivity contribution < 1.29 is 18.6 Å². The molecular weight excluding hydrogens is 204 g/mol. The first-order chi connectivity index (χ1) is 7.01. The molecule has 0 heterocycles. The summed E-state index contributed by atoms with van der Waals surface area (Å²) in [6.07, 6.45) is -2.12. The fraction of sp³-hybridized carbons (Fsp3) is 0.300. The second-order valence-corrected chi connectivity index (χ2v) is 2.91. The summed E-state index contributed by atoms with van der Waals surface area (Å²) in [7, 11) is 1.44. The number of nitrogens with zero attached hydrogens (tertiary/aromatic N) is 1. The van der Waals surface area contributed by atoms with Crippen molar-refractivity contribution in [2.75, 3.05) is 7.11 Å². The van der Waals surface area contributed by atoms with Gasteiger partial charge in [0.25, 0.3) is 0 Å². The van der Waals surface area contributed by atoms with E-state index < -0.39 is 12.0 Å². The summed E-state index contributed by atoms with van der Waals surface area (Å²) < 4.78 is 30.4. The van der Waals surface area contributed by atoms with E-state index in [2.05, 4.69) is 0 Å². The largest absolute Gasteiger partial charge is 0.497 e. The van der Waals surface area contributed by atoms with Crippen molar-refractivity contribution in [2.45, 2.75) is 12.0 Å². The lowest BCUT2D eigenvalue weighted by molar-refractivity contribution is -0.0651. The van der Waals surface area contributed by atoms with Crippen molar-refractivity contribution in [3.63, 3.8) is 0 Å². The number of ether oxygens (including phenoxy) is 1. The molecule has 0 bridgehead atoms. The highest BCUT2D eigenvalue weighted by molar-refractivity contribution is 5.30. The second-order valence-electron chi connectivity index (χ2n) is 2.91. The molecule has 1 unspecified atom stereocenters. The van der Waals surface area contributed by atoms with Crippen molar-refractivity contribution in [3.05, 3.63) is 29.8 Å². The molecule has 1 rings (SSSR count). The van der Waals surface area contributed by atoms with Gasteiger partial charge in [0.05, 0.1) is 7.11 Å². The van der Waals surface area contributed by atoms with E-state index in [1.807, 2.05) is 0 Å². The minimum Gasteiger partial charge on any atom is -0.497 e. The molecule has 0 fully saturated rings. The Morgan fingerprint density at radius 3 is 2.33 bits per heavy atom. The Labute approximate surface area is 85.5 Å². The summed E-state index contributed by atoms with van der Waals surface area (Å²) in [5, 5.41) is 17.3. The van der Waals surface area contributed by atoms with Gasteiger partial charge in [-0.05, 0) is 17.7 Å². The van der Waals surface area contributed by atoms with Crippen LogP contribution in [0.2, 0.25) is 0 Å². The predicted molar refractivity (Wildman–Crippen MR) is 48.5 cm³/mol. The number of methoxy groups -OCH3 is 1. The molecule has 0 aliphatic carbocycles. The Bertz CT molecular complexity index is 370. The van der Waals surface area contributed by atoms with E-state index in [0.717, 1.165) is 6.07 Å². The van der Waals surface area contributed by atoms with E-state index in [1.165, 1.54) is 31.4 Å². The molecule has 0 saturated carbocycles. The van der Waals surface area contributed by atoms with E-state index in [1.54, 1.807) is 0 Å². The van der Waals surface area contributed by atoms with Crippen LogP contribution in [0.25, 0.3) is 0 Å². The van der Waals surface area contributed by atoms with Gasteiger partial charge in [-0.25, -0.2) is 0 Å². The molecule has 1 atom stereocenters. The van der Waals surface area contributed by atoms with Gasteiger partial charge in [0.15, 0.2) is 6.10 Å². The van der Waals surface area contributed by atoms with Crippen LogP contribution in [0.3, 0.4) is 0 Å². The van der Waals surface area contributed by atoms with E-state index in [9.17, 15) is 13.9 Å². The van der Waals surface area contributed by atoms with Crippen molar-refractivity contribution in [3.8, 4) is 11.8 Å². The number of benzene rings is 1. The van der Waals surface area contributed by atoms with Crippen LogP contribution in [0.15, 0.2) is 24.3 Å². The lowest BCUT2D eigenvalue weighted by Gasteiger charge is -2.15. The highest BCUT2D eigenvalue weighted by Crippen LogP contribution is 2.31. The summed E-state index contributed by atoms with van der Waals surface area (Å²) in [5.74, 6) is -3.29. The average molecular weight is 213 g/mol. The monoisotopic (exact) mass is 213 g/mol. The molecule has 0 aliphatic heterocycles. The molecule has 1 aromatic carbocycles. The maximum atomic E-state index is 12.8. The van der Waals surface area contributed by atoms with Gasteiger partial charge in [-0.1, -0.05) is 12.1 Å². The number of aliphatic hydroxyl groups is 1. The normalized spacial score (nSPS) is 13.0. The van der Waals surface area contributed by atoms with Gasteiger partial charge in [0.1, 0.15) is 11.8 Å². The number of hydrogen-bond donors (Lipinski definition) is 1. The van der Waals surface area contributed by atoms with E-state index in [4.69, 9.17) is 10.00 Å². The first kappa shape index (κ1) is 11.4. The quantitative estimate of drug-likeness (QED) is 0.834. The highest BCUT2D eigenvalue weighted by Gasteiger charge is 2.39. The fourth-order valence-corrected chi connectivity index (χ4v) is 1.06. The number of nitriles is 1. The molecular formula is C10H9F2NO2. The Kier molecular flexibility index (Phi) is 3.22. The highest BCUT2D eigenvalue weighted by atomic mass is 19.3. The fourth-order valence-electron chi connectivity index (χ4n) is 1.06. The summed E-state index contributed by atoms with van der Waals surface area (Å²) in [6, 6.07) is 6.20. The Morgan fingerprint density at radius 2 is 1.93 bits per heavy atom. The Morgan fingerprint density at radius 1 is 1.40 bits per heavy atom. The first-order valence-corrected chi connectivity index (χ1v) is 4.12. The van der Waals surface area contributed by atoms with E-state index in [0.29, 0.717) is 5.75 Å². The number of alkyl halides is 2. The lowest BCUT2D eigenvalue weighted by Crippen LogP contribution is -2.23. The zero-order valence-corrected chi connectivity index (χ0v) is 7.95. The van der Waals surface area contributed by atoms with Gasteiger partial charge in [0, 0.05) is 0 Å². The maximum Gasteiger partial charge on any atom is 0.361 e. The van der Waals surface area contributed by atoms with Gasteiger partial charge < -0.3 is 9.84 Å². The minimum absolute atomic E-state index is 0.0256. The number of halogens is 2. The molecule has 1 N–H and O–H groups in total. The molecule has 3 nitrogen and oxygen atoms in total. The third-order valence-electron chi connectivity index (χ3n) is 1.92. The van der Waals surface area contributed by atoms with Crippen molar-refractivity contribution in [1.29, 1.82) is 5.26 Å². The van der Waals surface area contributed by atoms with Crippen LogP contribution in [-0.2, 0) is 0 Å². The number of hydrogen-bond acceptors (Lipinski definition) is 3. The zero-order chi connectivity index (χ0) is 11.5. The van der Waals surface area contributed by atoms with Gasteiger partial charge in [-0.15, -0.1) is 0 Å². The van der Waals surface area contributed by atoms with Crippen LogP contribution in [0.5, 0.6) is 5.75 Å². The lowest BCUT2D eigenvalue weighted by atomic mass is 10.0. The molecule has 0 spiro atoms. The molecule has 5 heteroatoms. The van der Waals surface area contributed by atoms with E-state index in [-0.39, 0.29) is 5.56 Å². The van der Waals surface area contributed by atoms with Crippen LogP contribution in [-0.4, -0.2) is 18.1 Å². The smallest absolute Gasteiger partial charge is 0.361 e. The molecule has 0 aromatic heterocycles. The van der Waals surface area contributed by atoms with Gasteiger partial charge in [0.2, 0.25) is 0 Å². The minimum atomic E-state index is -3.78. The number of aliphatic hydroxyl groups excluding tert-OH is 1. The van der Waals surface area contributed by atoms with Crippen LogP contribution < -0.4 is 4.74 Å². The topological polar surface area (TPSA) is 53.2 Å². The Hall–Kier alpha value is -1.67. The van der Waals surface area contributed by atoms with Crippen LogP contribution in [0, 0.1) is 11.3 Å². The molecule has 0 amide bonds. The zero-order valence-electron chi connectivity index (χ0n) is 7.95. The molecule has 80 valence electrons. The van der Waals surface area contributed by atoms with Gasteiger partial charge in [-0.3, -0.25) is 0 Å². The van der Waals surface area contributed by atoms with Crippen molar-refractivity contribution in [2.24, 2.45) is 0 Å². The third-order valence-corrected chi connectivity index (χ3v) is 1.92. The predicted octanol–water partition coefficient (Wildman–Crippen LogP) is 1.89.